The van der Waals surface area contributed by atoms with Crippen LogP contribution in [-0.4, -0.2) is 0 Å². The monoisotopic (exact) mass is 739 g/mol. The summed E-state index contributed by atoms with van der Waals surface area (Å²) >= 11 is -0.826. The van der Waals surface area contributed by atoms with Crippen molar-refractivity contribution in [3.8, 4) is 22.3 Å². The zero-order valence-electron chi connectivity index (χ0n) is 30.3. The van der Waals surface area contributed by atoms with Gasteiger partial charge in [0.25, 0.3) is 0 Å². The molecule has 0 amide bonds. The number of rotatable bonds is 4. The fourth-order valence-corrected chi connectivity index (χ4v) is 6.58. The van der Waals surface area contributed by atoms with Gasteiger partial charge in [-0.2, -0.15) is 19.1 Å². The fourth-order valence-electron chi connectivity index (χ4n) is 6.58. The van der Waals surface area contributed by atoms with Crippen LogP contribution in [0.15, 0.2) is 72.8 Å². The standard InChI is InChI=1S/2C21H23.C2H5.2ClH.Zr/c2*1-6-17-11-19-16(5)15(4)10-20(21(19)12-17)18-8-13(2)7-14(3)9-18;1-2;;;/h2*7-12H,6H2,1-5H3;1H2,2H3;2*1H;/q3*-1;;;+2/p-2. The van der Waals surface area contributed by atoms with Crippen LogP contribution >= 0.6 is 17.0 Å². The molecule has 0 bridgehead atoms. The molecule has 0 radical (unpaired) electrons. The van der Waals surface area contributed by atoms with Crippen LogP contribution in [0.4, 0.5) is 0 Å². The first-order chi connectivity index (χ1) is 22.4. The van der Waals surface area contributed by atoms with Gasteiger partial charge in [-0.1, -0.05) is 121 Å². The van der Waals surface area contributed by atoms with Crippen LogP contribution in [0.25, 0.3) is 43.8 Å². The van der Waals surface area contributed by atoms with Crippen LogP contribution in [0.1, 0.15) is 76.4 Å². The van der Waals surface area contributed by atoms with Crippen molar-refractivity contribution < 1.29 is 20.8 Å². The molecule has 47 heavy (non-hydrogen) atoms. The number of fused-ring (bicyclic) bond motifs is 2. The molecule has 0 aliphatic rings. The normalized spacial score (nSPS) is 10.5. The maximum atomic E-state index is 4.93. The molecule has 0 saturated carbocycles. The van der Waals surface area contributed by atoms with Gasteiger partial charge in [0.15, 0.2) is 0 Å². The van der Waals surface area contributed by atoms with Crippen LogP contribution in [0.2, 0.25) is 0 Å². The van der Waals surface area contributed by atoms with Crippen LogP contribution in [0.5, 0.6) is 0 Å². The molecule has 0 aromatic heterocycles. The number of hydrogen-bond donors (Lipinski definition) is 0. The average molecular weight is 742 g/mol. The van der Waals surface area contributed by atoms with E-state index in [1.165, 1.54) is 99.4 Å². The summed E-state index contributed by atoms with van der Waals surface area (Å²) < 4.78 is 0. The molecule has 6 aromatic rings. The van der Waals surface area contributed by atoms with Gasteiger partial charge in [-0.25, -0.2) is 0 Å². The van der Waals surface area contributed by atoms with E-state index in [2.05, 4.69) is 149 Å². The topological polar surface area (TPSA) is 0 Å². The Bertz CT molecular complexity index is 1770. The maximum absolute atomic E-state index is 4.93. The van der Waals surface area contributed by atoms with E-state index in [0.29, 0.717) is 0 Å². The molecule has 0 atom stereocenters. The van der Waals surface area contributed by atoms with E-state index in [1.54, 1.807) is 6.92 Å². The molecule has 0 fully saturated rings. The van der Waals surface area contributed by atoms with Crippen molar-refractivity contribution in [2.45, 2.75) is 89.0 Å². The molecule has 3 heteroatoms. The van der Waals surface area contributed by atoms with Crippen LogP contribution in [0, 0.1) is 62.3 Å². The molecule has 0 aliphatic heterocycles. The van der Waals surface area contributed by atoms with E-state index in [9.17, 15) is 0 Å². The molecular formula is C44H51Cl2Zr-3. The first-order valence-electron chi connectivity index (χ1n) is 16.6. The summed E-state index contributed by atoms with van der Waals surface area (Å²) in [6.07, 6.45) is 2.19. The predicted octanol–water partition coefficient (Wildman–Crippen LogP) is 14.3. The van der Waals surface area contributed by atoms with E-state index in [0.717, 1.165) is 12.8 Å². The summed E-state index contributed by atoms with van der Waals surface area (Å²) in [4.78, 5) is 0. The summed E-state index contributed by atoms with van der Waals surface area (Å²) in [5.74, 6) is 0. The number of hydrogen-bond acceptors (Lipinski definition) is 0. The van der Waals surface area contributed by atoms with Gasteiger partial charge in [-0.3, -0.25) is 0 Å². The van der Waals surface area contributed by atoms with Crippen molar-refractivity contribution in [2.75, 3.05) is 0 Å². The Hall–Kier alpha value is -2.44. The van der Waals surface area contributed by atoms with Crippen LogP contribution in [0.3, 0.4) is 0 Å². The van der Waals surface area contributed by atoms with Crippen LogP contribution < -0.4 is 0 Å². The van der Waals surface area contributed by atoms with Crippen LogP contribution in [-0.2, 0) is 33.7 Å². The second kappa shape index (κ2) is 17.8. The Balaban J connectivity index is 0.000000225. The molecule has 0 spiro atoms. The van der Waals surface area contributed by atoms with Crippen molar-refractivity contribution >= 4 is 38.6 Å². The zero-order chi connectivity index (χ0) is 35.0. The summed E-state index contributed by atoms with van der Waals surface area (Å²) in [7, 11) is 9.87. The van der Waals surface area contributed by atoms with E-state index in [1.807, 2.05) is 0 Å². The van der Waals surface area contributed by atoms with Gasteiger partial charge in [-0.15, -0.1) is 55.9 Å². The zero-order valence-corrected chi connectivity index (χ0v) is 34.3. The molecule has 0 unspecified atom stereocenters. The second-order valence-electron chi connectivity index (χ2n) is 12.6. The minimum absolute atomic E-state index is 0.826. The van der Waals surface area contributed by atoms with Gasteiger partial charge >= 0.3 is 37.9 Å². The Morgan fingerprint density at radius 3 is 1.09 bits per heavy atom. The molecule has 0 heterocycles. The Kier molecular flexibility index (Phi) is 14.8. The SMILES string of the molecule is CCc1cc2c(-c3cc(C)cc(C)c3)cc(C)c(C)c2[cH-]1.CCc1cc2c(-c3cc(C)cc(C)c3)cc(C)c(C)c2[cH-]1.[CH2-]C.[Cl][Zr][Cl]. The Morgan fingerprint density at radius 2 is 0.809 bits per heavy atom. The third kappa shape index (κ3) is 9.38. The molecule has 6 rings (SSSR count). The molecular weight excluding hydrogens is 691 g/mol. The third-order valence-corrected chi connectivity index (χ3v) is 9.07. The summed E-state index contributed by atoms with van der Waals surface area (Å²) in [6, 6.07) is 27.9. The van der Waals surface area contributed by atoms with Gasteiger partial charge in [0, 0.05) is 0 Å². The molecule has 0 aliphatic carbocycles. The molecule has 248 valence electrons. The molecule has 0 N–H and O–H groups in total. The van der Waals surface area contributed by atoms with E-state index >= 15 is 0 Å². The quantitative estimate of drug-likeness (QED) is 0.158. The van der Waals surface area contributed by atoms with E-state index in [4.69, 9.17) is 17.0 Å². The predicted molar refractivity (Wildman–Crippen MR) is 209 cm³/mol. The first-order valence-corrected chi connectivity index (χ1v) is 23.0. The van der Waals surface area contributed by atoms with Gasteiger partial charge in [0.1, 0.15) is 0 Å². The first kappa shape index (κ1) is 39.0. The Morgan fingerprint density at radius 1 is 0.511 bits per heavy atom. The summed E-state index contributed by atoms with van der Waals surface area (Å²) in [6.45, 7) is 27.1. The van der Waals surface area contributed by atoms with Gasteiger partial charge in [0.05, 0.1) is 0 Å². The Labute approximate surface area is 303 Å². The number of aryl methyl sites for hydroxylation is 10. The minimum atomic E-state index is -0.826. The van der Waals surface area contributed by atoms with Crippen molar-refractivity contribution in [3.05, 3.63) is 135 Å². The number of benzene rings is 4. The van der Waals surface area contributed by atoms with E-state index < -0.39 is 20.8 Å². The summed E-state index contributed by atoms with van der Waals surface area (Å²) in [5, 5.41) is 5.64. The van der Waals surface area contributed by atoms with Crippen molar-refractivity contribution in [2.24, 2.45) is 0 Å². The average Bonchev–Trinajstić information content (AvgIpc) is 3.67. The number of halogens is 2. The van der Waals surface area contributed by atoms with Crippen molar-refractivity contribution in [1.82, 2.24) is 0 Å². The second-order valence-corrected chi connectivity index (χ2v) is 16.4. The van der Waals surface area contributed by atoms with E-state index in [-0.39, 0.29) is 0 Å². The third-order valence-electron chi connectivity index (χ3n) is 9.07. The van der Waals surface area contributed by atoms with Crippen molar-refractivity contribution in [3.63, 3.8) is 0 Å². The molecule has 6 aromatic carbocycles. The van der Waals surface area contributed by atoms with Gasteiger partial charge in [-0.05, 0) is 65.5 Å². The fraction of sp³-hybridized carbons (Fsp3) is 0.295. The van der Waals surface area contributed by atoms with Gasteiger partial charge < -0.3 is 6.92 Å². The molecule has 0 saturated heterocycles. The molecule has 0 nitrogen and oxygen atoms in total. The summed E-state index contributed by atoms with van der Waals surface area (Å²) in [5.41, 5.74) is 19.2. The van der Waals surface area contributed by atoms with Crippen molar-refractivity contribution in [1.29, 1.82) is 0 Å². The van der Waals surface area contributed by atoms with Gasteiger partial charge in [0.2, 0.25) is 0 Å².